The molecule has 2 aromatic rings. The van der Waals surface area contributed by atoms with E-state index in [1.807, 2.05) is 6.92 Å². The van der Waals surface area contributed by atoms with Crippen LogP contribution in [-0.2, 0) is 6.61 Å². The molecule has 0 unspecified atom stereocenters. The maximum atomic E-state index is 12.6. The Bertz CT molecular complexity index is 802. The lowest BCUT2D eigenvalue weighted by Crippen LogP contribution is -2.41. The smallest absolute Gasteiger partial charge is 0.276 e. The van der Waals surface area contributed by atoms with E-state index in [9.17, 15) is 9.90 Å². The summed E-state index contributed by atoms with van der Waals surface area (Å²) < 4.78 is 16.0. The van der Waals surface area contributed by atoms with E-state index < -0.39 is 0 Å². The molecule has 0 aliphatic carbocycles. The summed E-state index contributed by atoms with van der Waals surface area (Å²) >= 11 is 6.15. The van der Waals surface area contributed by atoms with Gasteiger partial charge in [-0.15, -0.1) is 0 Å². The molecule has 2 heterocycles. The van der Waals surface area contributed by atoms with Crippen molar-refractivity contribution < 1.29 is 23.9 Å². The Labute approximate surface area is 169 Å². The van der Waals surface area contributed by atoms with Gasteiger partial charge in [-0.3, -0.25) is 4.79 Å². The number of likely N-dealkylation sites (tertiary alicyclic amines) is 1. The minimum absolute atomic E-state index is 0.108. The number of rotatable bonds is 7. The van der Waals surface area contributed by atoms with Crippen LogP contribution in [0.1, 0.15) is 42.4 Å². The van der Waals surface area contributed by atoms with E-state index in [0.717, 1.165) is 19.3 Å². The van der Waals surface area contributed by atoms with Crippen LogP contribution in [0.4, 0.5) is 0 Å². The average molecular weight is 409 g/mol. The molecule has 0 bridgehead atoms. The first-order valence-corrected chi connectivity index (χ1v) is 9.78. The standard InChI is InChI=1S/C20H25ClN2O5/c1-3-18(24)13-6-8-23(9-7-13)20(25)17-11-15(28-22-17)12-27-19-5-4-14(26-2)10-16(19)21/h4-5,10-11,13,18,24H,3,6-9,12H2,1-2H3/t18-/m1/s1. The average Bonchev–Trinajstić information content (AvgIpc) is 3.20. The van der Waals surface area contributed by atoms with Crippen molar-refractivity contribution in [2.45, 2.75) is 38.9 Å². The zero-order chi connectivity index (χ0) is 20.1. The molecule has 3 rings (SSSR count). The minimum atomic E-state index is -0.294. The summed E-state index contributed by atoms with van der Waals surface area (Å²) in [4.78, 5) is 14.4. The summed E-state index contributed by atoms with van der Waals surface area (Å²) in [6.07, 6.45) is 2.04. The van der Waals surface area contributed by atoms with Crippen LogP contribution in [0, 0.1) is 5.92 Å². The Kier molecular flexibility index (Phi) is 6.80. The van der Waals surface area contributed by atoms with Crippen LogP contribution in [0.2, 0.25) is 5.02 Å². The largest absolute Gasteiger partial charge is 0.497 e. The molecule has 0 radical (unpaired) electrons. The Balaban J connectivity index is 1.54. The SMILES string of the molecule is CC[C@@H](O)C1CCN(C(=O)c2cc(COc3ccc(OC)cc3Cl)on2)CC1. The molecule has 0 saturated carbocycles. The van der Waals surface area contributed by atoms with Gasteiger partial charge >= 0.3 is 0 Å². The molecule has 1 N–H and O–H groups in total. The number of benzene rings is 1. The van der Waals surface area contributed by atoms with E-state index in [1.54, 1.807) is 36.3 Å². The van der Waals surface area contributed by atoms with Crippen molar-refractivity contribution in [3.05, 3.63) is 40.7 Å². The molecule has 1 aliphatic heterocycles. The summed E-state index contributed by atoms with van der Waals surface area (Å²) in [5.41, 5.74) is 0.258. The second-order valence-corrected chi connectivity index (χ2v) is 7.28. The second kappa shape index (κ2) is 9.30. The van der Waals surface area contributed by atoms with E-state index in [2.05, 4.69) is 5.16 Å². The molecule has 1 saturated heterocycles. The lowest BCUT2D eigenvalue weighted by Gasteiger charge is -2.33. The zero-order valence-electron chi connectivity index (χ0n) is 16.1. The molecule has 1 aromatic carbocycles. The number of amides is 1. The minimum Gasteiger partial charge on any atom is -0.497 e. The quantitative estimate of drug-likeness (QED) is 0.754. The molecule has 28 heavy (non-hydrogen) atoms. The van der Waals surface area contributed by atoms with Crippen LogP contribution in [-0.4, -0.2) is 47.4 Å². The van der Waals surface area contributed by atoms with Crippen LogP contribution in [0.25, 0.3) is 0 Å². The molecule has 8 heteroatoms. The molecule has 1 aliphatic rings. The number of methoxy groups -OCH3 is 1. The highest BCUT2D eigenvalue weighted by Gasteiger charge is 2.28. The van der Waals surface area contributed by atoms with Gasteiger partial charge in [-0.2, -0.15) is 0 Å². The van der Waals surface area contributed by atoms with Crippen molar-refractivity contribution in [2.75, 3.05) is 20.2 Å². The Morgan fingerprint density at radius 3 is 2.79 bits per heavy atom. The zero-order valence-corrected chi connectivity index (χ0v) is 16.8. The fourth-order valence-corrected chi connectivity index (χ4v) is 3.56. The highest BCUT2D eigenvalue weighted by Crippen LogP contribution is 2.29. The topological polar surface area (TPSA) is 85.0 Å². The van der Waals surface area contributed by atoms with Gasteiger partial charge in [0.05, 0.1) is 18.2 Å². The first kappa shape index (κ1) is 20.5. The molecule has 1 fully saturated rings. The third kappa shape index (κ3) is 4.77. The van der Waals surface area contributed by atoms with Crippen molar-refractivity contribution >= 4 is 17.5 Å². The summed E-state index contributed by atoms with van der Waals surface area (Å²) in [5, 5.41) is 14.3. The van der Waals surface area contributed by atoms with Gasteiger partial charge in [0, 0.05) is 25.2 Å². The lowest BCUT2D eigenvalue weighted by atomic mass is 9.90. The van der Waals surface area contributed by atoms with Crippen molar-refractivity contribution in [1.82, 2.24) is 10.1 Å². The predicted octanol–water partition coefficient (Wildman–Crippen LogP) is 3.54. The van der Waals surface area contributed by atoms with E-state index in [1.165, 1.54) is 0 Å². The number of carbonyl (C=O) groups is 1. The predicted molar refractivity (Wildman–Crippen MR) is 104 cm³/mol. The number of ether oxygens (including phenoxy) is 2. The number of hydrogen-bond donors (Lipinski definition) is 1. The highest BCUT2D eigenvalue weighted by atomic mass is 35.5. The van der Waals surface area contributed by atoms with Crippen molar-refractivity contribution in [3.8, 4) is 11.5 Å². The number of aliphatic hydroxyl groups excluding tert-OH is 1. The van der Waals surface area contributed by atoms with Crippen molar-refractivity contribution in [2.24, 2.45) is 5.92 Å². The molecule has 1 atom stereocenters. The third-order valence-electron chi connectivity index (χ3n) is 5.08. The lowest BCUT2D eigenvalue weighted by molar-refractivity contribution is 0.0447. The normalized spacial score (nSPS) is 16.1. The highest BCUT2D eigenvalue weighted by molar-refractivity contribution is 6.32. The third-order valence-corrected chi connectivity index (χ3v) is 5.37. The molecule has 0 spiro atoms. The molecule has 1 aromatic heterocycles. The van der Waals surface area contributed by atoms with Crippen LogP contribution in [0.3, 0.4) is 0 Å². The number of nitrogens with zero attached hydrogens (tertiary/aromatic N) is 2. The van der Waals surface area contributed by atoms with Gasteiger partial charge in [0.15, 0.2) is 11.5 Å². The van der Waals surface area contributed by atoms with Crippen LogP contribution >= 0.6 is 11.6 Å². The molecule has 7 nitrogen and oxygen atoms in total. The maximum absolute atomic E-state index is 12.6. The van der Waals surface area contributed by atoms with Gasteiger partial charge in [-0.1, -0.05) is 23.7 Å². The van der Waals surface area contributed by atoms with E-state index >= 15 is 0 Å². The number of aliphatic hydroxyl groups is 1. The summed E-state index contributed by atoms with van der Waals surface area (Å²) in [6.45, 7) is 3.30. The second-order valence-electron chi connectivity index (χ2n) is 6.87. The van der Waals surface area contributed by atoms with E-state index in [-0.39, 0.29) is 30.2 Å². The number of carbonyl (C=O) groups excluding carboxylic acids is 1. The molecular weight excluding hydrogens is 384 g/mol. The first-order valence-electron chi connectivity index (χ1n) is 9.41. The van der Waals surface area contributed by atoms with Gasteiger partial charge < -0.3 is 24.0 Å². The summed E-state index contributed by atoms with van der Waals surface area (Å²) in [6, 6.07) is 6.70. The van der Waals surface area contributed by atoms with E-state index in [0.29, 0.717) is 35.4 Å². The first-order chi connectivity index (χ1) is 13.5. The Morgan fingerprint density at radius 2 is 2.14 bits per heavy atom. The monoisotopic (exact) mass is 408 g/mol. The van der Waals surface area contributed by atoms with Crippen molar-refractivity contribution in [3.63, 3.8) is 0 Å². The van der Waals surface area contributed by atoms with Gasteiger partial charge in [0.25, 0.3) is 5.91 Å². The summed E-state index contributed by atoms with van der Waals surface area (Å²) in [5.74, 6) is 1.65. The Hall–Kier alpha value is -2.25. The van der Waals surface area contributed by atoms with Gasteiger partial charge in [-0.25, -0.2) is 0 Å². The number of piperidine rings is 1. The van der Waals surface area contributed by atoms with Crippen LogP contribution < -0.4 is 9.47 Å². The van der Waals surface area contributed by atoms with Crippen LogP contribution in [0.5, 0.6) is 11.5 Å². The molecule has 1 amide bonds. The van der Waals surface area contributed by atoms with Gasteiger partial charge in [-0.05, 0) is 37.3 Å². The fraction of sp³-hybridized carbons (Fsp3) is 0.500. The molecular formula is C20H25ClN2O5. The van der Waals surface area contributed by atoms with E-state index in [4.69, 9.17) is 25.6 Å². The fourth-order valence-electron chi connectivity index (χ4n) is 3.34. The summed E-state index contributed by atoms with van der Waals surface area (Å²) in [7, 11) is 1.56. The number of hydrogen-bond acceptors (Lipinski definition) is 6. The van der Waals surface area contributed by atoms with Gasteiger partial charge in [0.2, 0.25) is 0 Å². The van der Waals surface area contributed by atoms with Gasteiger partial charge in [0.1, 0.15) is 18.1 Å². The number of aromatic nitrogens is 1. The van der Waals surface area contributed by atoms with Crippen LogP contribution in [0.15, 0.2) is 28.8 Å². The maximum Gasteiger partial charge on any atom is 0.276 e. The number of halogens is 1. The Morgan fingerprint density at radius 1 is 1.39 bits per heavy atom. The molecule has 152 valence electrons. The van der Waals surface area contributed by atoms with Crippen molar-refractivity contribution in [1.29, 1.82) is 0 Å².